The van der Waals surface area contributed by atoms with Crippen LogP contribution in [0.5, 0.6) is 5.75 Å². The Balaban J connectivity index is 1.46. The lowest BCUT2D eigenvalue weighted by atomic mass is 10.1. The molecule has 1 saturated heterocycles. The van der Waals surface area contributed by atoms with Crippen molar-refractivity contribution in [2.75, 3.05) is 48.4 Å². The molecule has 11 heteroatoms. The summed E-state index contributed by atoms with van der Waals surface area (Å²) in [7, 11) is 1.65. The lowest BCUT2D eigenvalue weighted by Gasteiger charge is -2.37. The summed E-state index contributed by atoms with van der Waals surface area (Å²) in [6, 6.07) is 15.0. The minimum Gasteiger partial charge on any atom is -0.497 e. The van der Waals surface area contributed by atoms with Crippen LogP contribution >= 0.6 is 0 Å². The quantitative estimate of drug-likeness (QED) is 0.346. The van der Waals surface area contributed by atoms with E-state index in [1.54, 1.807) is 37.6 Å². The molecule has 168 valence electrons. The van der Waals surface area contributed by atoms with Gasteiger partial charge in [0.15, 0.2) is 5.52 Å². The van der Waals surface area contributed by atoms with E-state index in [2.05, 4.69) is 36.5 Å². The molecule has 11 nitrogen and oxygen atoms in total. The maximum atomic E-state index is 11.9. The Hall–Kier alpha value is -4.41. The van der Waals surface area contributed by atoms with Gasteiger partial charge in [-0.15, -0.1) is 0 Å². The molecule has 2 aromatic heterocycles. The van der Waals surface area contributed by atoms with Gasteiger partial charge in [0.2, 0.25) is 5.52 Å². The fraction of sp³-hybridized carbons (Fsp3) is 0.227. The van der Waals surface area contributed by atoms with E-state index in [4.69, 9.17) is 9.37 Å². The molecule has 1 fully saturated rings. The van der Waals surface area contributed by atoms with Crippen molar-refractivity contribution in [1.29, 1.82) is 0 Å². The maximum absolute atomic E-state index is 11.9. The topological polar surface area (TPSA) is 123 Å². The number of fused-ring (bicyclic) bond motifs is 1. The minimum atomic E-state index is -0.484. The van der Waals surface area contributed by atoms with Crippen molar-refractivity contribution in [2.45, 2.75) is 0 Å². The van der Waals surface area contributed by atoms with Crippen molar-refractivity contribution in [2.24, 2.45) is 0 Å². The second-order valence-electron chi connectivity index (χ2n) is 7.53. The van der Waals surface area contributed by atoms with Crippen LogP contribution in [0.1, 0.15) is 0 Å². The van der Waals surface area contributed by atoms with Crippen LogP contribution in [0.25, 0.3) is 11.0 Å². The van der Waals surface area contributed by atoms with Crippen molar-refractivity contribution in [1.82, 2.24) is 15.3 Å². The number of benzene rings is 2. The molecule has 0 bridgehead atoms. The minimum absolute atomic E-state index is 0.103. The van der Waals surface area contributed by atoms with Gasteiger partial charge in [-0.1, -0.05) is 12.1 Å². The summed E-state index contributed by atoms with van der Waals surface area (Å²) in [5.74, 6) is 1.30. The summed E-state index contributed by atoms with van der Waals surface area (Å²) in [6.07, 6.45) is 1.61. The molecule has 1 aliphatic rings. The number of nitrogens with zero attached hydrogens (tertiary/aromatic N) is 6. The third-order valence-corrected chi connectivity index (χ3v) is 5.64. The summed E-state index contributed by atoms with van der Waals surface area (Å²) in [4.78, 5) is 20.0. The molecule has 3 heterocycles. The van der Waals surface area contributed by atoms with Crippen LogP contribution in [0.15, 0.2) is 59.4 Å². The first kappa shape index (κ1) is 20.5. The molecule has 0 radical (unpaired) electrons. The first-order valence-electron chi connectivity index (χ1n) is 10.4. The third-order valence-electron chi connectivity index (χ3n) is 5.64. The number of piperazine rings is 1. The number of methoxy groups -OCH3 is 1. The number of pyridine rings is 1. The van der Waals surface area contributed by atoms with E-state index in [-0.39, 0.29) is 16.9 Å². The van der Waals surface area contributed by atoms with E-state index in [9.17, 15) is 10.1 Å². The molecule has 0 unspecified atom stereocenters. The largest absolute Gasteiger partial charge is 0.497 e. The monoisotopic (exact) mass is 447 g/mol. The molecule has 0 aliphatic carbocycles. The number of nitro groups is 1. The third kappa shape index (κ3) is 3.95. The molecule has 0 amide bonds. The van der Waals surface area contributed by atoms with Crippen molar-refractivity contribution in [3.63, 3.8) is 0 Å². The zero-order valence-corrected chi connectivity index (χ0v) is 17.8. The number of anilines is 4. The fourth-order valence-corrected chi connectivity index (χ4v) is 4.02. The van der Waals surface area contributed by atoms with Gasteiger partial charge in [0.25, 0.3) is 0 Å². The van der Waals surface area contributed by atoms with Gasteiger partial charge in [0, 0.05) is 44.1 Å². The molecule has 0 saturated carbocycles. The number of nitrogens with one attached hydrogen (secondary N) is 1. The van der Waals surface area contributed by atoms with Gasteiger partial charge < -0.3 is 19.9 Å². The molecule has 4 aromatic rings. The van der Waals surface area contributed by atoms with Crippen LogP contribution in [0.2, 0.25) is 0 Å². The number of aromatic nitrogens is 3. The summed E-state index contributed by atoms with van der Waals surface area (Å²) in [5, 5.41) is 22.7. The van der Waals surface area contributed by atoms with Crippen LogP contribution in [0.3, 0.4) is 0 Å². The highest BCUT2D eigenvalue weighted by molar-refractivity contribution is 6.00. The highest BCUT2D eigenvalue weighted by Crippen LogP contribution is 2.40. The summed E-state index contributed by atoms with van der Waals surface area (Å²) >= 11 is 0. The molecule has 0 atom stereocenters. The Morgan fingerprint density at radius 2 is 1.82 bits per heavy atom. The molecule has 2 aromatic carbocycles. The second-order valence-corrected chi connectivity index (χ2v) is 7.53. The predicted molar refractivity (Wildman–Crippen MR) is 123 cm³/mol. The van der Waals surface area contributed by atoms with Crippen LogP contribution in [-0.2, 0) is 0 Å². The van der Waals surface area contributed by atoms with E-state index >= 15 is 0 Å². The summed E-state index contributed by atoms with van der Waals surface area (Å²) < 4.78 is 10.2. The summed E-state index contributed by atoms with van der Waals surface area (Å²) in [6.45, 7) is 2.92. The number of rotatable bonds is 6. The Morgan fingerprint density at radius 1 is 1.03 bits per heavy atom. The Morgan fingerprint density at radius 3 is 2.55 bits per heavy atom. The Labute approximate surface area is 188 Å². The van der Waals surface area contributed by atoms with Crippen molar-refractivity contribution >= 4 is 39.6 Å². The van der Waals surface area contributed by atoms with Crippen LogP contribution in [-0.4, -0.2) is 53.5 Å². The highest BCUT2D eigenvalue weighted by atomic mass is 16.6. The van der Waals surface area contributed by atoms with E-state index in [1.165, 1.54) is 0 Å². The first-order valence-corrected chi connectivity index (χ1v) is 10.4. The summed E-state index contributed by atoms with van der Waals surface area (Å²) in [5.41, 5.74) is 2.36. The SMILES string of the molecule is COc1cccc(N2CCN(c3cc(Nc4ccccn4)c([N+](=O)[O-])c4nonc34)CC2)c1. The van der Waals surface area contributed by atoms with Crippen molar-refractivity contribution in [3.05, 3.63) is 64.8 Å². The molecule has 5 rings (SSSR count). The molecule has 1 N–H and O–H groups in total. The molecule has 1 aliphatic heterocycles. The lowest BCUT2D eigenvalue weighted by molar-refractivity contribution is -0.382. The average molecular weight is 447 g/mol. The average Bonchev–Trinajstić information content (AvgIpc) is 3.33. The zero-order valence-electron chi connectivity index (χ0n) is 17.8. The van der Waals surface area contributed by atoms with Crippen LogP contribution in [0, 0.1) is 10.1 Å². The number of hydrogen-bond acceptors (Lipinski definition) is 10. The van der Waals surface area contributed by atoms with Crippen molar-refractivity contribution in [3.8, 4) is 5.75 Å². The fourth-order valence-electron chi connectivity index (χ4n) is 4.02. The van der Waals surface area contributed by atoms with Gasteiger partial charge in [-0.3, -0.25) is 10.1 Å². The number of hydrogen-bond donors (Lipinski definition) is 1. The second kappa shape index (κ2) is 8.61. The molecule has 33 heavy (non-hydrogen) atoms. The smallest absolute Gasteiger partial charge is 0.324 e. The first-order chi connectivity index (χ1) is 16.1. The molecular weight excluding hydrogens is 426 g/mol. The van der Waals surface area contributed by atoms with Gasteiger partial charge >= 0.3 is 5.69 Å². The van der Waals surface area contributed by atoms with Gasteiger partial charge in [-0.2, -0.15) is 0 Å². The van der Waals surface area contributed by atoms with Gasteiger partial charge in [-0.05, 0) is 40.6 Å². The van der Waals surface area contributed by atoms with E-state index in [1.807, 2.05) is 18.2 Å². The molecule has 0 spiro atoms. The van der Waals surface area contributed by atoms with Crippen LogP contribution in [0.4, 0.5) is 28.6 Å². The standard InChI is InChI=1S/C22H21N7O4/c1-32-16-6-4-5-15(13-16)27-9-11-28(12-10-27)18-14-17(24-19-7-2-3-8-23-19)22(29(30)31)21-20(18)25-33-26-21/h2-8,13-14H,9-12H2,1H3,(H,23,24). The van der Waals surface area contributed by atoms with E-state index < -0.39 is 4.92 Å². The highest BCUT2D eigenvalue weighted by Gasteiger charge is 2.29. The van der Waals surface area contributed by atoms with Crippen LogP contribution < -0.4 is 19.9 Å². The van der Waals surface area contributed by atoms with Gasteiger partial charge in [-0.25, -0.2) is 9.61 Å². The van der Waals surface area contributed by atoms with Crippen molar-refractivity contribution < 1.29 is 14.3 Å². The Bertz CT molecular complexity index is 1290. The van der Waals surface area contributed by atoms with Gasteiger partial charge in [0.1, 0.15) is 17.3 Å². The van der Waals surface area contributed by atoms with E-state index in [0.29, 0.717) is 24.4 Å². The lowest BCUT2D eigenvalue weighted by Crippen LogP contribution is -2.46. The predicted octanol–water partition coefficient (Wildman–Crippen LogP) is 3.60. The normalized spacial score (nSPS) is 13.8. The molecular formula is C22H21N7O4. The van der Waals surface area contributed by atoms with E-state index in [0.717, 1.165) is 30.2 Å². The van der Waals surface area contributed by atoms with Gasteiger partial charge in [0.05, 0.1) is 17.7 Å². The number of nitro benzene ring substituents is 1. The zero-order chi connectivity index (χ0) is 22.8. The Kier molecular flexibility index (Phi) is 5.35. The maximum Gasteiger partial charge on any atom is 0.324 e. The number of ether oxygens (including phenoxy) is 1.